The number of aliphatic hydroxyl groups is 1. The molecular weight excluding hydrogens is 635 g/mol. The predicted molar refractivity (Wildman–Crippen MR) is 161 cm³/mol. The molecule has 3 amide bonds. The summed E-state index contributed by atoms with van der Waals surface area (Å²) in [5, 5.41) is 16.7. The molecule has 0 radical (unpaired) electrons. The molecule has 1 saturated heterocycles. The molecule has 10 nitrogen and oxygen atoms in total. The highest BCUT2D eigenvalue weighted by Crippen LogP contribution is 2.31. The van der Waals surface area contributed by atoms with E-state index in [2.05, 4.69) is 26.6 Å². The van der Waals surface area contributed by atoms with Crippen molar-refractivity contribution in [3.05, 3.63) is 75.6 Å². The summed E-state index contributed by atoms with van der Waals surface area (Å²) in [7, 11) is 1.49. The number of carbonyl (C=O) groups is 3. The second-order valence-electron chi connectivity index (χ2n) is 10.2. The molecule has 0 aromatic heterocycles. The third kappa shape index (κ3) is 7.49. The van der Waals surface area contributed by atoms with Gasteiger partial charge in [-0.2, -0.15) is 0 Å². The second kappa shape index (κ2) is 13.7. The van der Waals surface area contributed by atoms with Crippen LogP contribution in [0.5, 0.6) is 0 Å². The quantitative estimate of drug-likeness (QED) is 0.330. The summed E-state index contributed by atoms with van der Waals surface area (Å²) in [4.78, 5) is 41.5. The summed E-state index contributed by atoms with van der Waals surface area (Å²) < 4.78 is 26.4. The van der Waals surface area contributed by atoms with Crippen LogP contribution in [0, 0.1) is 11.7 Å². The first-order valence-corrected chi connectivity index (χ1v) is 14.3. The Balaban J connectivity index is 1.47. The molecule has 42 heavy (non-hydrogen) atoms. The fourth-order valence-electron chi connectivity index (χ4n) is 4.47. The Morgan fingerprint density at radius 1 is 1.17 bits per heavy atom. The van der Waals surface area contributed by atoms with Gasteiger partial charge in [-0.05, 0) is 70.4 Å². The van der Waals surface area contributed by atoms with E-state index in [4.69, 9.17) is 21.1 Å². The van der Waals surface area contributed by atoms with Crippen LogP contribution in [0.3, 0.4) is 0 Å². The Morgan fingerprint density at radius 3 is 2.52 bits per heavy atom. The monoisotopic (exact) mass is 664 g/mol. The van der Waals surface area contributed by atoms with E-state index >= 15 is 4.39 Å². The summed E-state index contributed by atoms with van der Waals surface area (Å²) in [6.07, 6.45) is 1.35. The van der Waals surface area contributed by atoms with Crippen molar-refractivity contribution < 1.29 is 33.4 Å². The third-order valence-corrected chi connectivity index (χ3v) is 7.33. The number of nitrogens with one attached hydrogen (secondary N) is 2. The molecule has 1 fully saturated rings. The summed E-state index contributed by atoms with van der Waals surface area (Å²) in [5.74, 6) is -1.95. The number of ether oxygens (including phenoxy) is 2. The van der Waals surface area contributed by atoms with Gasteiger partial charge >= 0.3 is 12.0 Å². The Hall–Kier alpha value is -3.45. The van der Waals surface area contributed by atoms with Gasteiger partial charge in [-0.25, -0.2) is 14.0 Å². The number of halogens is 3. The smallest absolute Gasteiger partial charge is 0.338 e. The van der Waals surface area contributed by atoms with Gasteiger partial charge < -0.3 is 35.0 Å². The van der Waals surface area contributed by atoms with Crippen LogP contribution in [-0.2, 0) is 19.1 Å². The fraction of sp³-hybridized carbons (Fsp3) is 0.345. The van der Waals surface area contributed by atoms with E-state index in [1.165, 1.54) is 41.3 Å². The number of urea groups is 1. The Kier molecular flexibility index (Phi) is 10.3. The van der Waals surface area contributed by atoms with Crippen LogP contribution in [0.4, 0.5) is 26.2 Å². The maximum absolute atomic E-state index is 15.3. The van der Waals surface area contributed by atoms with Gasteiger partial charge in [0, 0.05) is 47.2 Å². The summed E-state index contributed by atoms with van der Waals surface area (Å²) in [6, 6.07) is 9.04. The molecule has 2 aromatic carbocycles. The molecule has 2 aromatic rings. The number of methoxy groups -OCH3 is 1. The number of nitrogens with zero attached hydrogens (tertiary/aromatic N) is 2. The Labute approximate surface area is 256 Å². The number of hydrogen-bond acceptors (Lipinski definition) is 7. The minimum atomic E-state index is -1.43. The lowest BCUT2D eigenvalue weighted by Crippen LogP contribution is -2.45. The predicted octanol–water partition coefficient (Wildman–Crippen LogP) is 5.24. The second-order valence-corrected chi connectivity index (χ2v) is 11.6. The summed E-state index contributed by atoms with van der Waals surface area (Å²) in [5.41, 5.74) is 0.581. The van der Waals surface area contributed by atoms with Crippen molar-refractivity contribution in [3.63, 3.8) is 0 Å². The van der Waals surface area contributed by atoms with Crippen molar-refractivity contribution in [2.75, 3.05) is 35.8 Å². The molecule has 2 aliphatic rings. The van der Waals surface area contributed by atoms with Crippen LogP contribution in [0.25, 0.3) is 0 Å². The minimum absolute atomic E-state index is 0.0197. The van der Waals surface area contributed by atoms with E-state index in [1.54, 1.807) is 24.3 Å². The van der Waals surface area contributed by atoms with Crippen molar-refractivity contribution in [1.29, 1.82) is 0 Å². The normalized spacial score (nSPS) is 20.2. The molecule has 3 atom stereocenters. The average Bonchev–Trinajstić information content (AvgIpc) is 3.40. The lowest BCUT2D eigenvalue weighted by molar-refractivity contribution is -0.141. The zero-order valence-corrected chi connectivity index (χ0v) is 25.5. The number of rotatable bonds is 8. The number of hydrogen-bond donors (Lipinski definition) is 3. The van der Waals surface area contributed by atoms with Crippen LogP contribution in [0.2, 0.25) is 5.02 Å². The number of anilines is 3. The Morgan fingerprint density at radius 2 is 1.88 bits per heavy atom. The molecule has 13 heteroatoms. The van der Waals surface area contributed by atoms with Crippen molar-refractivity contribution in [3.8, 4) is 0 Å². The van der Waals surface area contributed by atoms with Gasteiger partial charge in [-0.3, -0.25) is 4.79 Å². The first kappa shape index (κ1) is 31.5. The number of amides is 3. The van der Waals surface area contributed by atoms with Crippen LogP contribution in [0.15, 0.2) is 64.8 Å². The number of likely N-dealkylation sites (tertiary alicyclic amines) is 1. The largest absolute Gasteiger partial charge is 0.462 e. The third-order valence-electron chi connectivity index (χ3n) is 6.64. The van der Waals surface area contributed by atoms with Gasteiger partial charge in [-0.15, -0.1) is 0 Å². The topological polar surface area (TPSA) is 120 Å². The van der Waals surface area contributed by atoms with E-state index < -0.39 is 36.0 Å². The molecule has 2 heterocycles. The van der Waals surface area contributed by atoms with Crippen LogP contribution in [-0.4, -0.2) is 66.5 Å². The number of aliphatic hydroxyl groups excluding tert-OH is 1. The summed E-state index contributed by atoms with van der Waals surface area (Å²) in [6.45, 7) is 4.12. The highest BCUT2D eigenvalue weighted by molar-refractivity contribution is 9.11. The van der Waals surface area contributed by atoms with Crippen LogP contribution < -0.4 is 15.5 Å². The number of benzene rings is 2. The molecule has 4 rings (SSSR count). The standard InChI is InChI=1S/C29H31BrClFN4O6/c1-16(2)15-42-28(39)22-10-17(30)13-35(27(22)38)20-8-9-24(23(32)11-20)34-26(37)25-12-21(41-3)14-36(25)29(40)33-19-6-4-18(31)5-7-19/h4-11,13,16,21,25,27,38H,12,14-15H2,1-3H3,(H,33,40)(H,34,37)/t21?,25?,27-/m1/s1. The van der Waals surface area contributed by atoms with Gasteiger partial charge in [0.1, 0.15) is 11.9 Å². The van der Waals surface area contributed by atoms with Gasteiger partial charge in [0.15, 0.2) is 6.23 Å². The maximum Gasteiger partial charge on any atom is 0.338 e. The number of esters is 1. The molecule has 2 unspecified atom stereocenters. The minimum Gasteiger partial charge on any atom is -0.462 e. The first-order chi connectivity index (χ1) is 20.0. The zero-order valence-electron chi connectivity index (χ0n) is 23.1. The highest BCUT2D eigenvalue weighted by atomic mass is 79.9. The lowest BCUT2D eigenvalue weighted by atomic mass is 10.1. The van der Waals surface area contributed by atoms with E-state index in [0.717, 1.165) is 6.07 Å². The molecule has 224 valence electrons. The van der Waals surface area contributed by atoms with Crippen LogP contribution in [0.1, 0.15) is 20.3 Å². The van der Waals surface area contributed by atoms with Crippen molar-refractivity contribution in [1.82, 2.24) is 4.90 Å². The van der Waals surface area contributed by atoms with E-state index in [1.807, 2.05) is 13.8 Å². The molecule has 0 saturated carbocycles. The van der Waals surface area contributed by atoms with Crippen molar-refractivity contribution >= 4 is 62.5 Å². The number of allylic oxidation sites excluding steroid dienone is 2. The summed E-state index contributed by atoms with van der Waals surface area (Å²) >= 11 is 9.23. The lowest BCUT2D eigenvalue weighted by Gasteiger charge is -2.31. The van der Waals surface area contributed by atoms with Gasteiger partial charge in [0.25, 0.3) is 0 Å². The molecule has 3 N–H and O–H groups in total. The molecule has 2 aliphatic heterocycles. The van der Waals surface area contributed by atoms with Gasteiger partial charge in [0.2, 0.25) is 5.91 Å². The van der Waals surface area contributed by atoms with Crippen LogP contribution >= 0.6 is 27.5 Å². The van der Waals surface area contributed by atoms with E-state index in [9.17, 15) is 19.5 Å². The fourth-order valence-corrected chi connectivity index (χ4v) is 5.06. The molecule has 0 spiro atoms. The zero-order chi connectivity index (χ0) is 30.6. The van der Waals surface area contributed by atoms with Crippen molar-refractivity contribution in [2.24, 2.45) is 5.92 Å². The highest BCUT2D eigenvalue weighted by Gasteiger charge is 2.40. The average molecular weight is 666 g/mol. The first-order valence-electron chi connectivity index (χ1n) is 13.2. The SMILES string of the molecule is COC1CC(C(=O)Nc2ccc(N3C=C(Br)C=C(C(=O)OCC(C)C)[C@H]3O)cc2F)N(C(=O)Nc2ccc(Cl)cc2)C1. The maximum atomic E-state index is 15.3. The molecule has 0 bridgehead atoms. The Bertz CT molecular complexity index is 1400. The van der Waals surface area contributed by atoms with Gasteiger partial charge in [0.05, 0.1) is 24.0 Å². The van der Waals surface area contributed by atoms with Crippen molar-refractivity contribution in [2.45, 2.75) is 38.6 Å². The van der Waals surface area contributed by atoms with Gasteiger partial charge in [-0.1, -0.05) is 25.4 Å². The molecule has 0 aliphatic carbocycles. The molecular formula is C29H31BrClFN4O6. The van der Waals surface area contributed by atoms with E-state index in [0.29, 0.717) is 15.2 Å². The number of carbonyl (C=O) groups excluding carboxylic acids is 3. The van der Waals surface area contributed by atoms with E-state index in [-0.39, 0.29) is 48.5 Å².